The summed E-state index contributed by atoms with van der Waals surface area (Å²) in [6, 6.07) is 7.33. The third-order valence-corrected chi connectivity index (χ3v) is 5.39. The predicted octanol–water partition coefficient (Wildman–Crippen LogP) is 3.70. The van der Waals surface area contributed by atoms with Gasteiger partial charge in [0.1, 0.15) is 10.6 Å². The number of piperidine rings is 1. The van der Waals surface area contributed by atoms with Gasteiger partial charge in [0.05, 0.1) is 11.1 Å². The summed E-state index contributed by atoms with van der Waals surface area (Å²) in [5.41, 5.74) is 0.815. The molecule has 0 radical (unpaired) electrons. The lowest BCUT2D eigenvalue weighted by molar-refractivity contribution is 0.209. The van der Waals surface area contributed by atoms with Crippen LogP contribution in [0.15, 0.2) is 18.2 Å². The van der Waals surface area contributed by atoms with Gasteiger partial charge in [-0.2, -0.15) is 5.26 Å². The van der Waals surface area contributed by atoms with E-state index >= 15 is 0 Å². The number of nitriles is 1. The summed E-state index contributed by atoms with van der Waals surface area (Å²) in [4.78, 5) is 2.23. The second-order valence-corrected chi connectivity index (χ2v) is 6.37. The van der Waals surface area contributed by atoms with Gasteiger partial charge in [0.2, 0.25) is 0 Å². The van der Waals surface area contributed by atoms with Gasteiger partial charge in [-0.05, 0) is 30.7 Å². The number of benzene rings is 1. The Hall–Kier alpha value is -0.760. The molecule has 1 aromatic rings. The minimum absolute atomic E-state index is 0.212. The molecule has 0 aromatic heterocycles. The molecule has 19 heavy (non-hydrogen) atoms. The molecule has 1 heterocycles. The van der Waals surface area contributed by atoms with Gasteiger partial charge in [-0.1, -0.05) is 23.7 Å². The van der Waals surface area contributed by atoms with Crippen molar-refractivity contribution in [2.75, 3.05) is 19.3 Å². The number of likely N-dealkylation sites (tertiary alicyclic amines) is 1. The van der Waals surface area contributed by atoms with Crippen molar-refractivity contribution in [2.45, 2.75) is 24.1 Å². The Labute approximate surface area is 122 Å². The predicted molar refractivity (Wildman–Crippen MR) is 77.8 cm³/mol. The Morgan fingerprint density at radius 3 is 2.74 bits per heavy atom. The van der Waals surface area contributed by atoms with E-state index in [2.05, 4.69) is 11.0 Å². The quantitative estimate of drug-likeness (QED) is 0.851. The first-order valence-corrected chi connectivity index (χ1v) is 7.82. The van der Waals surface area contributed by atoms with Gasteiger partial charge in [-0.25, -0.2) is 4.39 Å². The average Bonchev–Trinajstić information content (AvgIpc) is 2.45. The molecule has 0 saturated carbocycles. The van der Waals surface area contributed by atoms with Gasteiger partial charge in [0.15, 0.2) is 0 Å². The maximum atomic E-state index is 13.4. The molecule has 0 amide bonds. The van der Waals surface area contributed by atoms with Crippen LogP contribution in [0.2, 0.25) is 5.02 Å². The van der Waals surface area contributed by atoms with Gasteiger partial charge in [-0.15, -0.1) is 11.8 Å². The molecule has 1 aromatic carbocycles. The summed E-state index contributed by atoms with van der Waals surface area (Å²) in [6.07, 6.45) is 3.68. The van der Waals surface area contributed by atoms with E-state index in [0.717, 1.165) is 31.5 Å². The molecule has 0 spiro atoms. The van der Waals surface area contributed by atoms with Gasteiger partial charge < -0.3 is 0 Å². The molecular weight excluding hydrogens is 283 g/mol. The lowest BCUT2D eigenvalue weighted by Gasteiger charge is -2.36. The van der Waals surface area contributed by atoms with E-state index in [1.807, 2.05) is 12.3 Å². The van der Waals surface area contributed by atoms with Crippen LogP contribution in [0, 0.1) is 17.1 Å². The van der Waals surface area contributed by atoms with Gasteiger partial charge in [-0.3, -0.25) is 4.90 Å². The molecule has 2 rings (SSSR count). The highest BCUT2D eigenvalue weighted by Crippen LogP contribution is 2.34. The van der Waals surface area contributed by atoms with Crippen molar-refractivity contribution in [2.24, 2.45) is 0 Å². The summed E-state index contributed by atoms with van der Waals surface area (Å²) in [5, 5.41) is 9.45. The zero-order valence-electron chi connectivity index (χ0n) is 10.8. The average molecular weight is 299 g/mol. The summed E-state index contributed by atoms with van der Waals surface area (Å²) < 4.78 is 13.1. The zero-order chi connectivity index (χ0) is 13.9. The number of halogens is 2. The van der Waals surface area contributed by atoms with Crippen LogP contribution in [0.1, 0.15) is 18.4 Å². The van der Waals surface area contributed by atoms with E-state index in [1.165, 1.54) is 6.07 Å². The topological polar surface area (TPSA) is 27.0 Å². The largest absolute Gasteiger partial charge is 0.299 e. The third kappa shape index (κ3) is 3.22. The van der Waals surface area contributed by atoms with Crippen molar-refractivity contribution >= 4 is 23.4 Å². The fourth-order valence-corrected chi connectivity index (χ4v) is 3.21. The first-order valence-electron chi connectivity index (χ1n) is 6.22. The summed E-state index contributed by atoms with van der Waals surface area (Å²) in [6.45, 7) is 2.34. The standard InChI is InChI=1S/C14H16ClFN2S/c1-19-14(10-17)5-7-18(8-6-14)9-11-3-2-4-12(16)13(11)15/h2-4H,5-9H2,1H3. The van der Waals surface area contributed by atoms with Crippen molar-refractivity contribution in [3.05, 3.63) is 34.6 Å². The van der Waals surface area contributed by atoms with E-state index in [9.17, 15) is 9.65 Å². The minimum Gasteiger partial charge on any atom is -0.299 e. The minimum atomic E-state index is -0.369. The van der Waals surface area contributed by atoms with E-state index in [-0.39, 0.29) is 15.6 Å². The number of hydrogen-bond donors (Lipinski definition) is 0. The van der Waals surface area contributed by atoms with E-state index in [1.54, 1.807) is 17.8 Å². The fourth-order valence-electron chi connectivity index (χ4n) is 2.35. The van der Waals surface area contributed by atoms with Crippen LogP contribution in [-0.4, -0.2) is 29.0 Å². The van der Waals surface area contributed by atoms with Crippen LogP contribution in [0.25, 0.3) is 0 Å². The number of hydrogen-bond acceptors (Lipinski definition) is 3. The van der Waals surface area contributed by atoms with Crippen LogP contribution >= 0.6 is 23.4 Å². The molecule has 2 nitrogen and oxygen atoms in total. The normalized spacial score (nSPS) is 19.1. The molecule has 0 bridgehead atoms. The molecule has 5 heteroatoms. The number of nitrogens with zero attached hydrogens (tertiary/aromatic N) is 2. The van der Waals surface area contributed by atoms with Crippen molar-refractivity contribution in [3.63, 3.8) is 0 Å². The Kier molecular flexibility index (Phi) is 4.72. The van der Waals surface area contributed by atoms with E-state index < -0.39 is 0 Å². The molecule has 0 aliphatic carbocycles. The summed E-state index contributed by atoms with van der Waals surface area (Å²) in [5.74, 6) is -0.369. The zero-order valence-corrected chi connectivity index (χ0v) is 12.4. The lowest BCUT2D eigenvalue weighted by atomic mass is 9.97. The molecule has 1 fully saturated rings. The molecule has 1 saturated heterocycles. The highest BCUT2D eigenvalue weighted by Gasteiger charge is 2.33. The molecule has 0 N–H and O–H groups in total. The maximum absolute atomic E-state index is 13.4. The Morgan fingerprint density at radius 2 is 2.16 bits per heavy atom. The Balaban J connectivity index is 2.00. The molecule has 0 unspecified atom stereocenters. The van der Waals surface area contributed by atoms with Crippen LogP contribution in [0.5, 0.6) is 0 Å². The lowest BCUT2D eigenvalue weighted by Crippen LogP contribution is -2.41. The first kappa shape index (κ1) is 14.6. The second kappa shape index (κ2) is 6.13. The smallest absolute Gasteiger partial charge is 0.142 e. The Bertz CT molecular complexity index is 493. The van der Waals surface area contributed by atoms with Crippen molar-refractivity contribution in [1.82, 2.24) is 4.90 Å². The number of thioether (sulfide) groups is 1. The maximum Gasteiger partial charge on any atom is 0.142 e. The van der Waals surface area contributed by atoms with Gasteiger partial charge >= 0.3 is 0 Å². The van der Waals surface area contributed by atoms with Gasteiger partial charge in [0.25, 0.3) is 0 Å². The van der Waals surface area contributed by atoms with Crippen molar-refractivity contribution in [3.8, 4) is 6.07 Å². The second-order valence-electron chi connectivity index (χ2n) is 4.80. The van der Waals surface area contributed by atoms with Crippen molar-refractivity contribution < 1.29 is 4.39 Å². The number of rotatable bonds is 3. The van der Waals surface area contributed by atoms with Crippen LogP contribution in [0.3, 0.4) is 0 Å². The van der Waals surface area contributed by atoms with Crippen LogP contribution in [-0.2, 0) is 6.54 Å². The SMILES string of the molecule is CSC1(C#N)CCN(Cc2cccc(F)c2Cl)CC1. The highest BCUT2D eigenvalue weighted by atomic mass is 35.5. The van der Waals surface area contributed by atoms with Crippen LogP contribution in [0.4, 0.5) is 4.39 Å². The summed E-state index contributed by atoms with van der Waals surface area (Å²) >= 11 is 7.60. The fraction of sp³-hybridized carbons (Fsp3) is 0.500. The van der Waals surface area contributed by atoms with E-state index in [0.29, 0.717) is 6.54 Å². The third-order valence-electron chi connectivity index (χ3n) is 3.68. The highest BCUT2D eigenvalue weighted by molar-refractivity contribution is 8.00. The molecule has 102 valence electrons. The molecule has 0 atom stereocenters. The van der Waals surface area contributed by atoms with E-state index in [4.69, 9.17) is 11.6 Å². The molecular formula is C14H16ClFN2S. The van der Waals surface area contributed by atoms with Gasteiger partial charge in [0, 0.05) is 19.6 Å². The summed E-state index contributed by atoms with van der Waals surface area (Å²) in [7, 11) is 0. The first-order chi connectivity index (χ1) is 9.10. The van der Waals surface area contributed by atoms with Crippen molar-refractivity contribution in [1.29, 1.82) is 5.26 Å². The Morgan fingerprint density at radius 1 is 1.47 bits per heavy atom. The van der Waals surface area contributed by atoms with Crippen LogP contribution < -0.4 is 0 Å². The molecule has 1 aliphatic rings. The monoisotopic (exact) mass is 298 g/mol. The molecule has 1 aliphatic heterocycles.